The molecule has 0 heterocycles. The molecule has 0 aliphatic heterocycles. The monoisotopic (exact) mass is 193 g/mol. The summed E-state index contributed by atoms with van der Waals surface area (Å²) < 4.78 is 12.5. The molecule has 0 amide bonds. The van der Waals surface area contributed by atoms with Gasteiger partial charge in [0.2, 0.25) is 0 Å². The molecule has 1 aliphatic carbocycles. The van der Waals surface area contributed by atoms with Crippen molar-refractivity contribution in [2.24, 2.45) is 4.99 Å². The molecule has 14 heavy (non-hydrogen) atoms. The fourth-order valence-corrected chi connectivity index (χ4v) is 1.27. The Morgan fingerprint density at radius 2 is 2.29 bits per heavy atom. The number of aromatic hydroxyl groups is 1. The van der Waals surface area contributed by atoms with Crippen LogP contribution in [-0.2, 0) is 0 Å². The average Bonchev–Trinajstić information content (AvgIpc) is 2.85. The van der Waals surface area contributed by atoms with E-state index in [2.05, 4.69) is 4.99 Å². The smallest absolute Gasteiger partial charge is 0.127 e. The van der Waals surface area contributed by atoms with E-state index in [-0.39, 0.29) is 11.8 Å². The van der Waals surface area contributed by atoms with Gasteiger partial charge >= 0.3 is 0 Å². The van der Waals surface area contributed by atoms with E-state index in [1.165, 1.54) is 0 Å². The first-order valence-corrected chi connectivity index (χ1v) is 4.64. The minimum atomic E-state index is -0.779. The van der Waals surface area contributed by atoms with Crippen LogP contribution in [0.2, 0.25) is 0 Å². The second-order valence-corrected chi connectivity index (χ2v) is 3.61. The molecule has 0 spiro atoms. The second-order valence-electron chi connectivity index (χ2n) is 3.61. The molecular weight excluding hydrogens is 181 g/mol. The third-order valence-electron chi connectivity index (χ3n) is 2.36. The van der Waals surface area contributed by atoms with Crippen LogP contribution in [0.25, 0.3) is 0 Å². The maximum Gasteiger partial charge on any atom is 0.127 e. The highest BCUT2D eigenvalue weighted by atomic mass is 19.1. The van der Waals surface area contributed by atoms with Crippen LogP contribution >= 0.6 is 0 Å². The van der Waals surface area contributed by atoms with Crippen LogP contribution < -0.4 is 0 Å². The minimum absolute atomic E-state index is 0.185. The SMILES string of the molecule is Cc1cccc(C=NC2CC2F)c1O. The van der Waals surface area contributed by atoms with Crippen LogP contribution in [-0.4, -0.2) is 23.5 Å². The maximum absolute atomic E-state index is 12.5. The van der Waals surface area contributed by atoms with Gasteiger partial charge in [-0.2, -0.15) is 0 Å². The molecule has 2 nitrogen and oxygen atoms in total. The topological polar surface area (TPSA) is 32.6 Å². The van der Waals surface area contributed by atoms with Gasteiger partial charge in [0.1, 0.15) is 11.9 Å². The number of hydrogen-bond donors (Lipinski definition) is 1. The van der Waals surface area contributed by atoms with Gasteiger partial charge in [0.05, 0.1) is 6.04 Å². The highest BCUT2D eigenvalue weighted by Crippen LogP contribution is 2.29. The molecule has 0 radical (unpaired) electrons. The number of phenols is 1. The lowest BCUT2D eigenvalue weighted by Crippen LogP contribution is -1.88. The summed E-state index contributed by atoms with van der Waals surface area (Å²) in [7, 11) is 0. The highest BCUT2D eigenvalue weighted by molar-refractivity contribution is 5.84. The Balaban J connectivity index is 2.16. The highest BCUT2D eigenvalue weighted by Gasteiger charge is 2.36. The van der Waals surface area contributed by atoms with E-state index in [0.29, 0.717) is 12.0 Å². The molecule has 1 fully saturated rings. The first-order chi connectivity index (χ1) is 6.68. The van der Waals surface area contributed by atoms with Crippen LogP contribution in [0.4, 0.5) is 4.39 Å². The van der Waals surface area contributed by atoms with Crippen molar-refractivity contribution >= 4 is 6.21 Å². The van der Waals surface area contributed by atoms with E-state index in [1.54, 1.807) is 12.3 Å². The zero-order valence-electron chi connectivity index (χ0n) is 7.94. The lowest BCUT2D eigenvalue weighted by molar-refractivity contribution is 0.467. The van der Waals surface area contributed by atoms with Gasteiger partial charge in [0, 0.05) is 18.2 Å². The lowest BCUT2D eigenvalue weighted by atomic mass is 10.1. The minimum Gasteiger partial charge on any atom is -0.507 e. The fourth-order valence-electron chi connectivity index (χ4n) is 1.27. The van der Waals surface area contributed by atoms with Gasteiger partial charge in [-0.3, -0.25) is 4.99 Å². The van der Waals surface area contributed by atoms with E-state index in [0.717, 1.165) is 5.56 Å². The number of aliphatic imine (C=N–C) groups is 1. The molecule has 2 rings (SSSR count). The molecule has 1 aromatic rings. The Morgan fingerprint density at radius 3 is 2.93 bits per heavy atom. The predicted octanol–water partition coefficient (Wildman–Crippen LogP) is 2.23. The van der Waals surface area contributed by atoms with Crippen molar-refractivity contribution in [1.29, 1.82) is 0 Å². The van der Waals surface area contributed by atoms with E-state index in [9.17, 15) is 9.50 Å². The number of para-hydroxylation sites is 1. The van der Waals surface area contributed by atoms with Crippen LogP contribution in [0.15, 0.2) is 23.2 Å². The van der Waals surface area contributed by atoms with Gasteiger partial charge in [0.15, 0.2) is 0 Å². The first-order valence-electron chi connectivity index (χ1n) is 4.64. The fraction of sp³-hybridized carbons (Fsp3) is 0.364. The summed E-state index contributed by atoms with van der Waals surface area (Å²) in [6.45, 7) is 1.82. The van der Waals surface area contributed by atoms with Crippen molar-refractivity contribution < 1.29 is 9.50 Å². The van der Waals surface area contributed by atoms with Crippen molar-refractivity contribution in [3.63, 3.8) is 0 Å². The van der Waals surface area contributed by atoms with Gasteiger partial charge < -0.3 is 5.11 Å². The molecule has 1 saturated carbocycles. The average molecular weight is 193 g/mol. The first kappa shape index (κ1) is 9.19. The number of rotatable bonds is 2. The third-order valence-corrected chi connectivity index (χ3v) is 2.36. The molecule has 3 heteroatoms. The van der Waals surface area contributed by atoms with Crippen molar-refractivity contribution in [2.75, 3.05) is 0 Å². The molecule has 2 unspecified atom stereocenters. The van der Waals surface area contributed by atoms with Gasteiger partial charge in [0.25, 0.3) is 0 Å². The van der Waals surface area contributed by atoms with Crippen LogP contribution in [0.5, 0.6) is 5.75 Å². The summed E-state index contributed by atoms with van der Waals surface area (Å²) >= 11 is 0. The number of nitrogens with zero attached hydrogens (tertiary/aromatic N) is 1. The molecule has 1 aromatic carbocycles. The maximum atomic E-state index is 12.5. The van der Waals surface area contributed by atoms with E-state index in [4.69, 9.17) is 0 Å². The standard InChI is InChI=1S/C11H12FNO/c1-7-3-2-4-8(11(7)14)6-13-10-5-9(10)12/h2-4,6,9-10,14H,5H2,1H3. The van der Waals surface area contributed by atoms with Crippen LogP contribution in [0, 0.1) is 6.92 Å². The van der Waals surface area contributed by atoms with Crippen molar-refractivity contribution in [1.82, 2.24) is 0 Å². The number of aryl methyl sites for hydroxylation is 1. The Kier molecular flexibility index (Phi) is 2.23. The van der Waals surface area contributed by atoms with Crippen molar-refractivity contribution in [3.05, 3.63) is 29.3 Å². The number of alkyl halides is 1. The molecule has 0 saturated heterocycles. The summed E-state index contributed by atoms with van der Waals surface area (Å²) in [5, 5.41) is 9.61. The molecule has 74 valence electrons. The van der Waals surface area contributed by atoms with Gasteiger partial charge in [-0.25, -0.2) is 4.39 Å². The number of halogens is 1. The Bertz CT molecular complexity index is 376. The number of phenolic OH excluding ortho intramolecular Hbond substituents is 1. The lowest BCUT2D eigenvalue weighted by Gasteiger charge is -2.00. The van der Waals surface area contributed by atoms with Gasteiger partial charge in [-0.1, -0.05) is 12.1 Å². The normalized spacial score (nSPS) is 25.6. The largest absolute Gasteiger partial charge is 0.507 e. The molecule has 0 bridgehead atoms. The summed E-state index contributed by atoms with van der Waals surface area (Å²) in [6.07, 6.45) is 1.29. The number of benzene rings is 1. The van der Waals surface area contributed by atoms with Crippen LogP contribution in [0.1, 0.15) is 17.5 Å². The summed E-state index contributed by atoms with van der Waals surface area (Å²) in [5.41, 5.74) is 1.46. The summed E-state index contributed by atoms with van der Waals surface area (Å²) in [5.74, 6) is 0.229. The van der Waals surface area contributed by atoms with Crippen LogP contribution in [0.3, 0.4) is 0 Å². The van der Waals surface area contributed by atoms with Gasteiger partial charge in [-0.05, 0) is 18.6 Å². The van der Waals surface area contributed by atoms with Crippen molar-refractivity contribution in [2.45, 2.75) is 25.6 Å². The molecule has 1 N–H and O–H groups in total. The van der Waals surface area contributed by atoms with Crippen molar-refractivity contribution in [3.8, 4) is 5.75 Å². The zero-order valence-corrected chi connectivity index (χ0v) is 7.94. The summed E-state index contributed by atoms with van der Waals surface area (Å²) in [4.78, 5) is 4.03. The zero-order chi connectivity index (χ0) is 10.1. The number of hydrogen-bond acceptors (Lipinski definition) is 2. The predicted molar refractivity (Wildman–Crippen MR) is 53.7 cm³/mol. The molecule has 1 aliphatic rings. The second kappa shape index (κ2) is 3.40. The Labute approximate surface area is 82.1 Å². The molecule has 2 atom stereocenters. The molecule has 0 aromatic heterocycles. The third kappa shape index (κ3) is 1.76. The Morgan fingerprint density at radius 1 is 1.57 bits per heavy atom. The molecular formula is C11H12FNO. The Hall–Kier alpha value is -1.38. The van der Waals surface area contributed by atoms with E-state index < -0.39 is 6.17 Å². The summed E-state index contributed by atoms with van der Waals surface area (Å²) in [6, 6.07) is 5.24. The van der Waals surface area contributed by atoms with Gasteiger partial charge in [-0.15, -0.1) is 0 Å². The van der Waals surface area contributed by atoms with E-state index in [1.807, 2.05) is 19.1 Å². The quantitative estimate of drug-likeness (QED) is 0.718. The van der Waals surface area contributed by atoms with E-state index >= 15 is 0 Å².